The maximum atomic E-state index is 13.5. The molecule has 0 aliphatic rings. The highest BCUT2D eigenvalue weighted by atomic mass is 32.2. The Bertz CT molecular complexity index is 729. The van der Waals surface area contributed by atoms with E-state index >= 15 is 0 Å². The van der Waals surface area contributed by atoms with Crippen LogP contribution in [0, 0.1) is 11.6 Å². The number of benzene rings is 1. The molecule has 2 aromatic rings. The van der Waals surface area contributed by atoms with E-state index in [2.05, 4.69) is 15.4 Å². The summed E-state index contributed by atoms with van der Waals surface area (Å²) < 4.78 is 52.1. The van der Waals surface area contributed by atoms with Crippen LogP contribution in [0.3, 0.4) is 0 Å². The summed E-state index contributed by atoms with van der Waals surface area (Å²) in [6.07, 6.45) is 0. The van der Waals surface area contributed by atoms with Crippen LogP contribution < -0.4 is 10.5 Å². The van der Waals surface area contributed by atoms with Crippen molar-refractivity contribution in [1.82, 2.24) is 20.2 Å². The molecule has 0 spiro atoms. The van der Waals surface area contributed by atoms with E-state index in [9.17, 15) is 17.2 Å². The van der Waals surface area contributed by atoms with Gasteiger partial charge in [0.05, 0.1) is 7.05 Å². The van der Waals surface area contributed by atoms with E-state index in [1.54, 1.807) is 0 Å². The van der Waals surface area contributed by atoms with Gasteiger partial charge in [0, 0.05) is 5.69 Å². The van der Waals surface area contributed by atoms with E-state index in [4.69, 9.17) is 5.73 Å². The fourth-order valence-electron chi connectivity index (χ4n) is 1.28. The molecule has 0 radical (unpaired) electrons. The smallest absolute Gasteiger partial charge is 0.277 e. The zero-order chi connectivity index (χ0) is 14.2. The molecule has 102 valence electrons. The average molecular weight is 290 g/mol. The van der Waals surface area contributed by atoms with Gasteiger partial charge in [0.2, 0.25) is 0 Å². The van der Waals surface area contributed by atoms with Gasteiger partial charge in [-0.1, -0.05) is 5.10 Å². The summed E-state index contributed by atoms with van der Waals surface area (Å²) in [6.45, 7) is 0. The van der Waals surface area contributed by atoms with E-state index in [0.717, 1.165) is 10.9 Å². The zero-order valence-electron chi connectivity index (χ0n) is 9.50. The second-order valence-electron chi connectivity index (χ2n) is 3.52. The van der Waals surface area contributed by atoms with Gasteiger partial charge in [-0.25, -0.2) is 21.9 Å². The number of sulfonamides is 1. The molecule has 0 bridgehead atoms. The molecule has 1 aromatic heterocycles. The van der Waals surface area contributed by atoms with Gasteiger partial charge < -0.3 is 5.73 Å². The minimum atomic E-state index is -4.40. The van der Waals surface area contributed by atoms with Crippen molar-refractivity contribution in [2.24, 2.45) is 7.05 Å². The van der Waals surface area contributed by atoms with Gasteiger partial charge in [0.25, 0.3) is 16.0 Å². The maximum Gasteiger partial charge on any atom is 0.277 e. The number of hydrogen-bond donors (Lipinski definition) is 2. The number of anilines is 2. The Morgan fingerprint density at radius 2 is 2.05 bits per heavy atom. The van der Waals surface area contributed by atoms with Crippen molar-refractivity contribution >= 4 is 21.7 Å². The van der Waals surface area contributed by atoms with Crippen molar-refractivity contribution in [3.8, 4) is 0 Å². The van der Waals surface area contributed by atoms with Crippen LogP contribution in [-0.4, -0.2) is 28.6 Å². The van der Waals surface area contributed by atoms with E-state index in [1.807, 2.05) is 4.72 Å². The molecule has 11 heteroatoms. The molecule has 1 aromatic carbocycles. The first-order chi connectivity index (χ1) is 8.79. The Hall–Kier alpha value is -2.30. The normalized spacial score (nSPS) is 11.5. The molecule has 3 N–H and O–H groups in total. The van der Waals surface area contributed by atoms with Gasteiger partial charge in [-0.3, -0.25) is 0 Å². The summed E-state index contributed by atoms with van der Waals surface area (Å²) >= 11 is 0. The molecule has 1 heterocycles. The van der Waals surface area contributed by atoms with Crippen LogP contribution in [0.1, 0.15) is 0 Å². The third-order valence-electron chi connectivity index (χ3n) is 2.04. The number of hydrogen-bond acceptors (Lipinski definition) is 6. The number of halogens is 2. The van der Waals surface area contributed by atoms with Crippen molar-refractivity contribution in [1.29, 1.82) is 0 Å². The lowest BCUT2D eigenvalue weighted by Gasteiger charge is -2.07. The third kappa shape index (κ3) is 2.59. The molecule has 0 atom stereocenters. The van der Waals surface area contributed by atoms with Gasteiger partial charge in [-0.05, 0) is 17.3 Å². The molecular formula is C8H8F2N6O2S. The summed E-state index contributed by atoms with van der Waals surface area (Å²) in [6, 6.07) is 1.46. The third-order valence-corrected chi connectivity index (χ3v) is 3.37. The molecule has 2 rings (SSSR count). The van der Waals surface area contributed by atoms with E-state index < -0.39 is 26.6 Å². The van der Waals surface area contributed by atoms with Gasteiger partial charge in [-0.15, -0.1) is 5.10 Å². The van der Waals surface area contributed by atoms with Gasteiger partial charge in [0.15, 0.2) is 11.6 Å². The molecule has 0 unspecified atom stereocenters. The summed E-state index contributed by atoms with van der Waals surface area (Å²) in [5, 5.41) is 10.3. The monoisotopic (exact) mass is 290 g/mol. The van der Waals surface area contributed by atoms with E-state index in [0.29, 0.717) is 6.07 Å². The number of nitrogens with zero attached hydrogens (tertiary/aromatic N) is 4. The SMILES string of the molecule is Cn1nnc(NS(=O)(=O)c2cc(N)cc(F)c2F)n1. The first-order valence-electron chi connectivity index (χ1n) is 4.81. The van der Waals surface area contributed by atoms with Crippen LogP contribution in [0.2, 0.25) is 0 Å². The van der Waals surface area contributed by atoms with Crippen LogP contribution in [0.4, 0.5) is 20.4 Å². The Labute approximate surface area is 106 Å². The Balaban J connectivity index is 2.45. The van der Waals surface area contributed by atoms with Crippen LogP contribution in [0.15, 0.2) is 17.0 Å². The minimum Gasteiger partial charge on any atom is -0.399 e. The van der Waals surface area contributed by atoms with Gasteiger partial charge in [0.1, 0.15) is 4.90 Å². The van der Waals surface area contributed by atoms with Crippen molar-refractivity contribution in [2.45, 2.75) is 4.90 Å². The number of tetrazole rings is 1. The van der Waals surface area contributed by atoms with Gasteiger partial charge in [-0.2, -0.15) is 4.80 Å². The molecule has 19 heavy (non-hydrogen) atoms. The standard InChI is InChI=1S/C8H8F2N6O2S/c1-16-13-8(12-15-16)14-19(17,18)6-3-4(11)2-5(9)7(6)10/h2-3H,11H2,1H3,(H,13,14). The largest absolute Gasteiger partial charge is 0.399 e. The lowest BCUT2D eigenvalue weighted by Crippen LogP contribution is -2.17. The molecule has 0 amide bonds. The van der Waals surface area contributed by atoms with Crippen LogP contribution in [0.25, 0.3) is 0 Å². The molecule has 0 fully saturated rings. The maximum absolute atomic E-state index is 13.5. The summed E-state index contributed by atoms with van der Waals surface area (Å²) in [5.41, 5.74) is 5.05. The summed E-state index contributed by atoms with van der Waals surface area (Å²) in [5.74, 6) is -3.28. The fourth-order valence-corrected chi connectivity index (χ4v) is 2.34. The van der Waals surface area contributed by atoms with Crippen LogP contribution >= 0.6 is 0 Å². The van der Waals surface area contributed by atoms with E-state index in [-0.39, 0.29) is 11.6 Å². The van der Waals surface area contributed by atoms with Gasteiger partial charge >= 0.3 is 0 Å². The first kappa shape index (κ1) is 13.1. The van der Waals surface area contributed by atoms with Crippen LogP contribution in [-0.2, 0) is 17.1 Å². The minimum absolute atomic E-state index is 0.230. The lowest BCUT2D eigenvalue weighted by molar-refractivity contribution is 0.486. The molecule has 0 saturated carbocycles. The lowest BCUT2D eigenvalue weighted by atomic mass is 10.3. The highest BCUT2D eigenvalue weighted by Gasteiger charge is 2.24. The fraction of sp³-hybridized carbons (Fsp3) is 0.125. The molecule has 0 aliphatic heterocycles. The number of nitrogens with one attached hydrogen (secondary N) is 1. The second kappa shape index (κ2) is 4.42. The quantitative estimate of drug-likeness (QED) is 0.761. The molecule has 8 nitrogen and oxygen atoms in total. The van der Waals surface area contributed by atoms with Crippen LogP contribution in [0.5, 0.6) is 0 Å². The number of nitrogen functional groups attached to an aromatic ring is 1. The number of aryl methyl sites for hydroxylation is 1. The topological polar surface area (TPSA) is 116 Å². The second-order valence-corrected chi connectivity index (χ2v) is 5.17. The average Bonchev–Trinajstić information content (AvgIpc) is 2.68. The van der Waals surface area contributed by atoms with Crippen molar-refractivity contribution in [2.75, 3.05) is 10.5 Å². The van der Waals surface area contributed by atoms with Crippen molar-refractivity contribution in [3.63, 3.8) is 0 Å². The predicted molar refractivity (Wildman–Crippen MR) is 60.4 cm³/mol. The van der Waals surface area contributed by atoms with Crippen molar-refractivity contribution in [3.05, 3.63) is 23.8 Å². The Morgan fingerprint density at radius 3 is 2.63 bits per heavy atom. The van der Waals surface area contributed by atoms with E-state index in [1.165, 1.54) is 7.05 Å². The highest BCUT2D eigenvalue weighted by molar-refractivity contribution is 7.92. The molecule has 0 saturated heterocycles. The van der Waals surface area contributed by atoms with Crippen molar-refractivity contribution < 1.29 is 17.2 Å². The zero-order valence-corrected chi connectivity index (χ0v) is 10.3. The molecular weight excluding hydrogens is 282 g/mol. The number of nitrogens with two attached hydrogens (primary N) is 1. The Morgan fingerprint density at radius 1 is 1.37 bits per heavy atom. The number of aromatic nitrogens is 4. The summed E-state index contributed by atoms with van der Waals surface area (Å²) in [4.78, 5) is 0.0613. The highest BCUT2D eigenvalue weighted by Crippen LogP contribution is 2.22. The summed E-state index contributed by atoms with van der Waals surface area (Å²) in [7, 11) is -2.99. The predicted octanol–water partition coefficient (Wildman–Crippen LogP) is -0.129. The number of rotatable bonds is 3. The first-order valence-corrected chi connectivity index (χ1v) is 6.29. The Kier molecular flexibility index (Phi) is 3.06. The molecule has 0 aliphatic carbocycles.